The summed E-state index contributed by atoms with van der Waals surface area (Å²) in [5, 5.41) is 0.596. The minimum absolute atomic E-state index is 0.0720. The van der Waals surface area contributed by atoms with Gasteiger partial charge in [-0.1, -0.05) is 29.8 Å². The van der Waals surface area contributed by atoms with Gasteiger partial charge in [0.15, 0.2) is 0 Å². The van der Waals surface area contributed by atoms with Crippen LogP contribution >= 0.6 is 11.6 Å². The number of pyridine rings is 2. The smallest absolute Gasteiger partial charge is 0.274 e. The van der Waals surface area contributed by atoms with E-state index in [1.165, 1.54) is 6.07 Å². The number of nitrogens with zero attached hydrogens (tertiary/aromatic N) is 4. The Bertz CT molecular complexity index is 1270. The molecular weight excluding hydrogens is 427 g/mol. The van der Waals surface area contributed by atoms with E-state index in [2.05, 4.69) is 9.97 Å². The number of halogens is 2. The van der Waals surface area contributed by atoms with Crippen LogP contribution in [0.3, 0.4) is 0 Å². The van der Waals surface area contributed by atoms with Crippen LogP contribution in [-0.2, 0) is 6.42 Å². The Morgan fingerprint density at radius 2 is 2.03 bits per heavy atom. The first-order valence-electron chi connectivity index (χ1n) is 10.7. The number of imidazole rings is 1. The Labute approximate surface area is 190 Å². The molecule has 0 aliphatic carbocycles. The molecule has 1 atom stereocenters. The van der Waals surface area contributed by atoms with Crippen LogP contribution in [0.1, 0.15) is 46.1 Å². The van der Waals surface area contributed by atoms with Crippen molar-refractivity contribution in [1.29, 1.82) is 0 Å². The fraction of sp³-hybridized carbons (Fsp3) is 0.240. The van der Waals surface area contributed by atoms with Gasteiger partial charge in [-0.2, -0.15) is 0 Å². The maximum Gasteiger partial charge on any atom is 0.274 e. The topological polar surface area (TPSA) is 50.5 Å². The molecular formula is C25H22ClFN4O. The fourth-order valence-corrected chi connectivity index (χ4v) is 4.47. The largest absolute Gasteiger partial charge is 0.337 e. The monoisotopic (exact) mass is 448 g/mol. The van der Waals surface area contributed by atoms with E-state index < -0.39 is 0 Å². The lowest BCUT2D eigenvalue weighted by molar-refractivity contribution is 0.0700. The zero-order valence-electron chi connectivity index (χ0n) is 17.4. The molecule has 4 heterocycles. The van der Waals surface area contributed by atoms with Crippen LogP contribution in [0.5, 0.6) is 0 Å². The van der Waals surface area contributed by atoms with Crippen molar-refractivity contribution in [3.05, 3.63) is 100 Å². The van der Waals surface area contributed by atoms with E-state index in [-0.39, 0.29) is 17.6 Å². The van der Waals surface area contributed by atoms with Crippen molar-refractivity contribution in [3.8, 4) is 0 Å². The number of aromatic nitrogens is 3. The van der Waals surface area contributed by atoms with Crippen molar-refractivity contribution in [2.45, 2.75) is 25.2 Å². The summed E-state index contributed by atoms with van der Waals surface area (Å²) in [5.74, 6) is -0.118. The minimum atomic E-state index is -0.229. The van der Waals surface area contributed by atoms with Gasteiger partial charge in [-0.05, 0) is 60.7 Å². The molecule has 5 nitrogen and oxygen atoms in total. The summed E-state index contributed by atoms with van der Waals surface area (Å²) >= 11 is 6.04. The van der Waals surface area contributed by atoms with Crippen molar-refractivity contribution in [2.24, 2.45) is 0 Å². The van der Waals surface area contributed by atoms with Gasteiger partial charge in [0.1, 0.15) is 17.2 Å². The van der Waals surface area contributed by atoms with E-state index in [1.54, 1.807) is 41.1 Å². The molecule has 1 aliphatic rings. The third kappa shape index (κ3) is 4.36. The number of rotatable bonds is 4. The Morgan fingerprint density at radius 3 is 2.84 bits per heavy atom. The van der Waals surface area contributed by atoms with Crippen LogP contribution < -0.4 is 0 Å². The van der Waals surface area contributed by atoms with Crippen LogP contribution in [0.4, 0.5) is 4.39 Å². The standard InChI is InChI=1S/C25H22ClFN4O/c26-20-7-9-24-29-23(16-31(24)15-20)25(32)30-10-2-4-19(14-30)22-8-6-18(13-28-22)11-17-3-1-5-21(27)12-17/h1,3,5-9,12-13,15-16,19H,2,4,10-11,14H2/t19-/m1/s1. The SMILES string of the molecule is O=C(c1cn2cc(Cl)ccc2n1)N1CCC[C@@H](c2ccc(Cc3cccc(F)c3)cn2)C1. The molecule has 1 fully saturated rings. The predicted octanol–water partition coefficient (Wildman–Crippen LogP) is 5.13. The second-order valence-electron chi connectivity index (χ2n) is 8.23. The Morgan fingerprint density at radius 1 is 1.12 bits per heavy atom. The number of fused-ring (bicyclic) bond motifs is 1. The van der Waals surface area contributed by atoms with Crippen LogP contribution in [0.2, 0.25) is 5.02 Å². The average Bonchev–Trinajstić information content (AvgIpc) is 3.22. The molecule has 1 aliphatic heterocycles. The first kappa shape index (κ1) is 20.6. The minimum Gasteiger partial charge on any atom is -0.337 e. The highest BCUT2D eigenvalue weighted by atomic mass is 35.5. The molecule has 5 rings (SSSR count). The van der Waals surface area contributed by atoms with E-state index in [0.717, 1.165) is 29.7 Å². The highest BCUT2D eigenvalue weighted by Crippen LogP contribution is 2.27. The second-order valence-corrected chi connectivity index (χ2v) is 8.66. The van der Waals surface area contributed by atoms with Crippen LogP contribution in [0, 0.1) is 5.82 Å². The van der Waals surface area contributed by atoms with Crippen LogP contribution in [0.25, 0.3) is 5.65 Å². The zero-order chi connectivity index (χ0) is 22.1. The molecule has 1 saturated heterocycles. The van der Waals surface area contributed by atoms with Crippen molar-refractivity contribution in [1.82, 2.24) is 19.3 Å². The molecule has 0 radical (unpaired) electrons. The van der Waals surface area contributed by atoms with E-state index in [9.17, 15) is 9.18 Å². The quantitative estimate of drug-likeness (QED) is 0.434. The number of piperidine rings is 1. The number of carbonyl (C=O) groups excluding carboxylic acids is 1. The van der Waals surface area contributed by atoms with Gasteiger partial charge in [-0.15, -0.1) is 0 Å². The molecule has 162 valence electrons. The van der Waals surface area contributed by atoms with Crippen molar-refractivity contribution in [3.63, 3.8) is 0 Å². The molecule has 32 heavy (non-hydrogen) atoms. The first-order valence-corrected chi connectivity index (χ1v) is 11.1. The van der Waals surface area contributed by atoms with Crippen LogP contribution in [-0.4, -0.2) is 38.3 Å². The van der Waals surface area contributed by atoms with Gasteiger partial charge < -0.3 is 9.30 Å². The Balaban J connectivity index is 1.28. The van der Waals surface area contributed by atoms with Gasteiger partial charge in [0.25, 0.3) is 5.91 Å². The van der Waals surface area contributed by atoms with Crippen molar-refractivity contribution in [2.75, 3.05) is 13.1 Å². The van der Waals surface area contributed by atoms with Gasteiger partial charge in [0.05, 0.1) is 5.02 Å². The third-order valence-electron chi connectivity index (χ3n) is 5.91. The van der Waals surface area contributed by atoms with E-state index in [1.807, 2.05) is 29.3 Å². The summed E-state index contributed by atoms with van der Waals surface area (Å²) < 4.78 is 15.2. The highest BCUT2D eigenvalue weighted by Gasteiger charge is 2.27. The molecule has 0 saturated carbocycles. The van der Waals surface area contributed by atoms with Gasteiger partial charge in [-0.25, -0.2) is 9.37 Å². The van der Waals surface area contributed by atoms with E-state index in [0.29, 0.717) is 35.9 Å². The lowest BCUT2D eigenvalue weighted by Crippen LogP contribution is -2.39. The third-order valence-corrected chi connectivity index (χ3v) is 6.13. The molecule has 0 N–H and O–H groups in total. The second kappa shape index (κ2) is 8.71. The Hall–Kier alpha value is -3.25. The molecule has 0 bridgehead atoms. The maximum atomic E-state index is 13.4. The van der Waals surface area contributed by atoms with Gasteiger partial charge in [0.2, 0.25) is 0 Å². The van der Waals surface area contributed by atoms with Gasteiger partial charge >= 0.3 is 0 Å². The zero-order valence-corrected chi connectivity index (χ0v) is 18.2. The highest BCUT2D eigenvalue weighted by molar-refractivity contribution is 6.30. The molecule has 4 aromatic rings. The fourth-order valence-electron chi connectivity index (χ4n) is 4.30. The number of carbonyl (C=O) groups is 1. The summed E-state index contributed by atoms with van der Waals surface area (Å²) in [5.41, 5.74) is 4.05. The summed E-state index contributed by atoms with van der Waals surface area (Å²) in [4.78, 5) is 24.1. The molecule has 1 aromatic carbocycles. The predicted molar refractivity (Wildman–Crippen MR) is 122 cm³/mol. The van der Waals surface area contributed by atoms with Crippen molar-refractivity contribution < 1.29 is 9.18 Å². The number of likely N-dealkylation sites (tertiary alicyclic amines) is 1. The normalized spacial score (nSPS) is 16.4. The summed E-state index contributed by atoms with van der Waals surface area (Å²) in [6.07, 6.45) is 7.87. The number of benzene rings is 1. The lowest BCUT2D eigenvalue weighted by Gasteiger charge is -2.32. The van der Waals surface area contributed by atoms with Crippen LogP contribution in [0.15, 0.2) is 67.1 Å². The number of hydrogen-bond acceptors (Lipinski definition) is 3. The van der Waals surface area contributed by atoms with Gasteiger partial charge in [-0.3, -0.25) is 9.78 Å². The molecule has 3 aromatic heterocycles. The van der Waals surface area contributed by atoms with Gasteiger partial charge in [0, 0.05) is 43.3 Å². The van der Waals surface area contributed by atoms with E-state index >= 15 is 0 Å². The first-order chi connectivity index (χ1) is 15.5. The molecule has 1 amide bonds. The molecule has 0 spiro atoms. The maximum absolute atomic E-state index is 13.4. The summed E-state index contributed by atoms with van der Waals surface area (Å²) in [7, 11) is 0. The van der Waals surface area contributed by atoms with Crippen molar-refractivity contribution >= 4 is 23.2 Å². The lowest BCUT2D eigenvalue weighted by atomic mass is 9.93. The summed E-state index contributed by atoms with van der Waals surface area (Å²) in [6.45, 7) is 1.32. The molecule has 7 heteroatoms. The van der Waals surface area contributed by atoms with E-state index in [4.69, 9.17) is 11.6 Å². The molecule has 0 unspecified atom stereocenters. The Kier molecular flexibility index (Phi) is 5.62. The summed E-state index contributed by atoms with van der Waals surface area (Å²) in [6, 6.07) is 14.3. The average molecular weight is 449 g/mol. The number of amides is 1. The number of hydrogen-bond donors (Lipinski definition) is 0.